The maximum absolute atomic E-state index is 13.1. The highest BCUT2D eigenvalue weighted by atomic mass is 16.5. The molecule has 0 aliphatic heterocycles. The number of aliphatic hydroxyl groups is 1. The largest absolute Gasteiger partial charge is 0.393 e. The van der Waals surface area contributed by atoms with Gasteiger partial charge >= 0.3 is 0 Å². The molecule has 5 atom stereocenters. The van der Waals surface area contributed by atoms with Crippen LogP contribution in [0.15, 0.2) is 41.5 Å². The minimum Gasteiger partial charge on any atom is -0.393 e. The molecule has 3 heteroatoms. The van der Waals surface area contributed by atoms with Gasteiger partial charge in [-0.2, -0.15) is 0 Å². The average molecular weight is 411 g/mol. The fourth-order valence-corrected chi connectivity index (χ4v) is 7.41. The van der Waals surface area contributed by atoms with Crippen molar-refractivity contribution in [3.05, 3.63) is 47.0 Å². The number of ether oxygens (including phenoxy) is 1. The van der Waals surface area contributed by atoms with Crippen LogP contribution in [0.1, 0.15) is 72.3 Å². The summed E-state index contributed by atoms with van der Waals surface area (Å²) in [6.07, 6.45) is 4.42. The van der Waals surface area contributed by atoms with E-state index in [1.54, 1.807) is 0 Å². The number of ketones is 1. The molecule has 164 valence electrons. The summed E-state index contributed by atoms with van der Waals surface area (Å²) in [5.74, 6) is 1.06. The number of carbonyl (C=O) groups is 1. The van der Waals surface area contributed by atoms with E-state index in [-0.39, 0.29) is 22.3 Å². The van der Waals surface area contributed by atoms with Crippen molar-refractivity contribution in [2.24, 2.45) is 28.1 Å². The van der Waals surface area contributed by atoms with Gasteiger partial charge in [0.1, 0.15) is 0 Å². The molecular weight excluding hydrogens is 372 g/mol. The van der Waals surface area contributed by atoms with Crippen LogP contribution in [0.25, 0.3) is 0 Å². The van der Waals surface area contributed by atoms with Crippen LogP contribution >= 0.6 is 0 Å². The summed E-state index contributed by atoms with van der Waals surface area (Å²) >= 11 is 0. The monoisotopic (exact) mass is 410 g/mol. The average Bonchev–Trinajstić information content (AvgIpc) is 2.70. The lowest BCUT2D eigenvalue weighted by Gasteiger charge is -2.65. The van der Waals surface area contributed by atoms with Crippen LogP contribution < -0.4 is 0 Å². The minimum absolute atomic E-state index is 0.00168. The zero-order valence-corrected chi connectivity index (χ0v) is 19.3. The van der Waals surface area contributed by atoms with E-state index >= 15 is 0 Å². The Morgan fingerprint density at radius 2 is 1.70 bits per heavy atom. The van der Waals surface area contributed by atoms with Gasteiger partial charge < -0.3 is 9.84 Å². The topological polar surface area (TPSA) is 46.5 Å². The van der Waals surface area contributed by atoms with Gasteiger partial charge in [-0.05, 0) is 77.4 Å². The number of Topliss-reactive ketones (excluding diaryl/α,β-unsaturated/α-hetero) is 1. The van der Waals surface area contributed by atoms with E-state index in [1.807, 2.05) is 25.1 Å². The molecule has 0 aromatic heterocycles. The quantitative estimate of drug-likeness (QED) is 0.691. The Morgan fingerprint density at radius 1 is 1.00 bits per heavy atom. The first-order valence-corrected chi connectivity index (χ1v) is 11.6. The smallest absolute Gasteiger partial charge is 0.158 e. The molecule has 0 saturated heterocycles. The van der Waals surface area contributed by atoms with Crippen molar-refractivity contribution < 1.29 is 14.6 Å². The van der Waals surface area contributed by atoms with Gasteiger partial charge in [0, 0.05) is 6.42 Å². The molecule has 3 nitrogen and oxygen atoms in total. The van der Waals surface area contributed by atoms with Crippen molar-refractivity contribution in [2.75, 3.05) is 6.61 Å². The molecule has 3 aliphatic carbocycles. The molecule has 30 heavy (non-hydrogen) atoms. The SMILES string of the molecule is CC1=C(COCc2ccccc2)[C@@]2(C)CC[C@@H]3C(C)(C)[C@H](O)CC[C@@]3(C)[C@@H]2CC1=O. The van der Waals surface area contributed by atoms with Crippen LogP contribution in [-0.4, -0.2) is 23.6 Å². The Morgan fingerprint density at radius 3 is 2.40 bits per heavy atom. The van der Waals surface area contributed by atoms with Crippen molar-refractivity contribution in [1.82, 2.24) is 0 Å². The molecular formula is C27H38O3. The number of benzene rings is 1. The normalized spacial score (nSPS) is 38.2. The van der Waals surface area contributed by atoms with E-state index in [9.17, 15) is 9.90 Å². The molecule has 0 unspecified atom stereocenters. The maximum atomic E-state index is 13.1. The van der Waals surface area contributed by atoms with Crippen LogP contribution in [-0.2, 0) is 16.1 Å². The van der Waals surface area contributed by atoms with Gasteiger partial charge in [0.05, 0.1) is 19.3 Å². The Kier molecular flexibility index (Phi) is 5.51. The van der Waals surface area contributed by atoms with Gasteiger partial charge in [0.15, 0.2) is 5.78 Å². The lowest BCUT2D eigenvalue weighted by atomic mass is 9.40. The zero-order chi connectivity index (χ0) is 21.7. The molecule has 0 amide bonds. The first kappa shape index (κ1) is 21.8. The first-order valence-electron chi connectivity index (χ1n) is 11.6. The highest BCUT2D eigenvalue weighted by Gasteiger charge is 2.62. The molecule has 2 fully saturated rings. The van der Waals surface area contributed by atoms with E-state index in [0.717, 1.165) is 31.3 Å². The van der Waals surface area contributed by atoms with Crippen LogP contribution in [0.5, 0.6) is 0 Å². The molecule has 0 bridgehead atoms. The summed E-state index contributed by atoms with van der Waals surface area (Å²) in [6, 6.07) is 10.3. The Balaban J connectivity index is 1.62. The number of hydrogen-bond donors (Lipinski definition) is 1. The third kappa shape index (κ3) is 3.29. The molecule has 1 N–H and O–H groups in total. The zero-order valence-electron chi connectivity index (χ0n) is 19.3. The summed E-state index contributed by atoms with van der Waals surface area (Å²) in [5.41, 5.74) is 3.30. The number of rotatable bonds is 4. The summed E-state index contributed by atoms with van der Waals surface area (Å²) in [4.78, 5) is 13.1. The molecule has 0 radical (unpaired) electrons. The molecule has 3 aliphatic rings. The molecule has 2 saturated carbocycles. The predicted octanol–water partition coefficient (Wildman–Crippen LogP) is 5.71. The fourth-order valence-electron chi connectivity index (χ4n) is 7.41. The number of carbonyl (C=O) groups excluding carboxylic acids is 1. The third-order valence-corrected chi connectivity index (χ3v) is 9.33. The van der Waals surface area contributed by atoms with Crippen LogP contribution in [0.4, 0.5) is 0 Å². The third-order valence-electron chi connectivity index (χ3n) is 9.33. The summed E-state index contributed by atoms with van der Waals surface area (Å²) in [7, 11) is 0. The standard InChI is InChI=1S/C27H38O3/c1-18-20(17-30-16-19-9-7-6-8-10-19)26(4)13-11-22-25(2,3)24(29)12-14-27(22,5)23(26)15-21(18)28/h6-10,22-24,29H,11-17H2,1-5H3/t22-,23-,24-,26-,27-/m1/s1. The van der Waals surface area contributed by atoms with E-state index in [2.05, 4.69) is 39.8 Å². The van der Waals surface area contributed by atoms with Gasteiger partial charge in [-0.15, -0.1) is 0 Å². The fraction of sp³-hybridized carbons (Fsp3) is 0.667. The molecule has 0 heterocycles. The van der Waals surface area contributed by atoms with Crippen LogP contribution in [0.2, 0.25) is 0 Å². The van der Waals surface area contributed by atoms with Gasteiger partial charge in [-0.1, -0.05) is 58.0 Å². The Labute approximate surface area is 181 Å². The summed E-state index contributed by atoms with van der Waals surface area (Å²) in [5, 5.41) is 10.7. The van der Waals surface area contributed by atoms with Gasteiger partial charge in [0.25, 0.3) is 0 Å². The Hall–Kier alpha value is -1.45. The lowest BCUT2D eigenvalue weighted by molar-refractivity contribution is -0.170. The number of aliphatic hydroxyl groups excluding tert-OH is 1. The van der Waals surface area contributed by atoms with Gasteiger partial charge in [-0.3, -0.25) is 4.79 Å². The van der Waals surface area contributed by atoms with Crippen molar-refractivity contribution in [1.29, 1.82) is 0 Å². The highest BCUT2D eigenvalue weighted by molar-refractivity contribution is 5.97. The minimum atomic E-state index is -0.245. The maximum Gasteiger partial charge on any atom is 0.158 e. The Bertz CT molecular complexity index is 839. The lowest BCUT2D eigenvalue weighted by Crippen LogP contribution is -2.60. The first-order chi connectivity index (χ1) is 14.1. The molecule has 0 spiro atoms. The second-order valence-corrected chi connectivity index (χ2v) is 11.2. The summed E-state index contributed by atoms with van der Waals surface area (Å²) in [6.45, 7) is 12.4. The second-order valence-electron chi connectivity index (χ2n) is 11.2. The molecule has 4 rings (SSSR count). The molecule has 1 aromatic rings. The van der Waals surface area contributed by atoms with Gasteiger partial charge in [-0.25, -0.2) is 0 Å². The van der Waals surface area contributed by atoms with Gasteiger partial charge in [0.2, 0.25) is 0 Å². The highest BCUT2D eigenvalue weighted by Crippen LogP contribution is 2.67. The van der Waals surface area contributed by atoms with Crippen molar-refractivity contribution in [3.8, 4) is 0 Å². The van der Waals surface area contributed by atoms with E-state index in [1.165, 1.54) is 11.1 Å². The number of fused-ring (bicyclic) bond motifs is 3. The van der Waals surface area contributed by atoms with E-state index < -0.39 is 0 Å². The van der Waals surface area contributed by atoms with Crippen molar-refractivity contribution in [2.45, 2.75) is 79.4 Å². The van der Waals surface area contributed by atoms with E-state index in [4.69, 9.17) is 4.74 Å². The second kappa shape index (κ2) is 7.60. The van der Waals surface area contributed by atoms with Crippen LogP contribution in [0, 0.1) is 28.1 Å². The van der Waals surface area contributed by atoms with E-state index in [0.29, 0.717) is 37.3 Å². The van der Waals surface area contributed by atoms with Crippen molar-refractivity contribution >= 4 is 5.78 Å². The number of hydrogen-bond acceptors (Lipinski definition) is 3. The summed E-state index contributed by atoms with van der Waals surface area (Å²) < 4.78 is 6.17. The predicted molar refractivity (Wildman–Crippen MR) is 120 cm³/mol. The molecule has 1 aromatic carbocycles. The van der Waals surface area contributed by atoms with Crippen LogP contribution in [0.3, 0.4) is 0 Å². The van der Waals surface area contributed by atoms with Crippen molar-refractivity contribution in [3.63, 3.8) is 0 Å². The number of allylic oxidation sites excluding steroid dienone is 1.